The largest absolute Gasteiger partial charge is 0.497 e. The van der Waals surface area contributed by atoms with Crippen LogP contribution in [0.4, 0.5) is 0 Å². The van der Waals surface area contributed by atoms with Gasteiger partial charge in [-0.05, 0) is 41.3 Å². The van der Waals surface area contributed by atoms with Gasteiger partial charge in [0.05, 0.1) is 18.6 Å². The number of pyridine rings is 1. The summed E-state index contributed by atoms with van der Waals surface area (Å²) in [5.74, 6) is 2.17. The quantitative estimate of drug-likeness (QED) is 0.455. The van der Waals surface area contributed by atoms with E-state index in [0.29, 0.717) is 41.5 Å². The van der Waals surface area contributed by atoms with Crippen molar-refractivity contribution in [2.45, 2.75) is 32.6 Å². The second kappa shape index (κ2) is 7.48. The molecule has 170 valence electrons. The lowest BCUT2D eigenvalue weighted by molar-refractivity contribution is -0.118. The summed E-state index contributed by atoms with van der Waals surface area (Å²) in [5.41, 5.74) is 3.58. The maximum absolute atomic E-state index is 13.4. The number of carbonyl (C=O) groups excluding carboxylic acids is 1. The van der Waals surface area contributed by atoms with Crippen molar-refractivity contribution in [3.63, 3.8) is 0 Å². The molecule has 0 N–H and O–H groups in total. The molecule has 8 nitrogen and oxygen atoms in total. The van der Waals surface area contributed by atoms with E-state index >= 15 is 0 Å². The molecule has 6 rings (SSSR count). The first-order valence-electron chi connectivity index (χ1n) is 11.2. The van der Waals surface area contributed by atoms with Gasteiger partial charge in [0.25, 0.3) is 0 Å². The van der Waals surface area contributed by atoms with E-state index in [1.54, 1.807) is 30.3 Å². The summed E-state index contributed by atoms with van der Waals surface area (Å²) in [5, 5.41) is 4.65. The lowest BCUT2D eigenvalue weighted by Gasteiger charge is -2.37. The fraction of sp³-hybridized carbons (Fsp3) is 0.269. The van der Waals surface area contributed by atoms with Crippen LogP contribution in [0, 0.1) is 5.41 Å². The first-order valence-corrected chi connectivity index (χ1v) is 11.2. The van der Waals surface area contributed by atoms with Crippen molar-refractivity contribution >= 4 is 11.4 Å². The molecular formula is C26H23N5O3. The highest BCUT2D eigenvalue weighted by Crippen LogP contribution is 2.50. The van der Waals surface area contributed by atoms with Gasteiger partial charge in [-0.3, -0.25) is 9.78 Å². The van der Waals surface area contributed by atoms with Gasteiger partial charge < -0.3 is 9.47 Å². The van der Waals surface area contributed by atoms with Crippen LogP contribution in [0.2, 0.25) is 0 Å². The van der Waals surface area contributed by atoms with Crippen LogP contribution in [0.25, 0.3) is 17.0 Å². The van der Waals surface area contributed by atoms with Crippen molar-refractivity contribution in [1.29, 1.82) is 0 Å². The van der Waals surface area contributed by atoms with Crippen LogP contribution in [0.15, 0.2) is 66.5 Å². The van der Waals surface area contributed by atoms with Gasteiger partial charge in [-0.15, -0.1) is 5.10 Å². The van der Waals surface area contributed by atoms with Gasteiger partial charge in [-0.25, -0.2) is 14.5 Å². The minimum absolute atomic E-state index is 0.0858. The molecule has 0 radical (unpaired) electrons. The average molecular weight is 454 g/mol. The molecule has 4 heterocycles. The molecule has 0 bridgehead atoms. The van der Waals surface area contributed by atoms with Crippen molar-refractivity contribution in [2.24, 2.45) is 5.41 Å². The number of hydrogen-bond donors (Lipinski definition) is 0. The van der Waals surface area contributed by atoms with Crippen molar-refractivity contribution in [3.05, 3.63) is 77.6 Å². The average Bonchev–Trinajstić information content (AvgIpc) is 3.27. The van der Waals surface area contributed by atoms with Gasteiger partial charge in [0.15, 0.2) is 17.3 Å². The highest BCUT2D eigenvalue weighted by Gasteiger charge is 2.44. The van der Waals surface area contributed by atoms with Crippen LogP contribution < -0.4 is 9.47 Å². The Bertz CT molecular complexity index is 1460. The van der Waals surface area contributed by atoms with E-state index in [9.17, 15) is 4.79 Å². The molecule has 1 atom stereocenters. The summed E-state index contributed by atoms with van der Waals surface area (Å²) < 4.78 is 13.2. The lowest BCUT2D eigenvalue weighted by atomic mass is 9.70. The maximum atomic E-state index is 13.4. The molecule has 0 saturated heterocycles. The molecule has 8 heteroatoms. The molecule has 1 unspecified atom stereocenters. The van der Waals surface area contributed by atoms with Crippen molar-refractivity contribution < 1.29 is 14.3 Å². The van der Waals surface area contributed by atoms with Gasteiger partial charge >= 0.3 is 0 Å². The van der Waals surface area contributed by atoms with Crippen molar-refractivity contribution in [1.82, 2.24) is 24.6 Å². The number of methoxy groups -OCH3 is 1. The minimum Gasteiger partial charge on any atom is -0.497 e. The molecule has 4 aromatic rings. The van der Waals surface area contributed by atoms with E-state index in [4.69, 9.17) is 14.5 Å². The molecule has 0 saturated carbocycles. The third kappa shape index (κ3) is 3.25. The summed E-state index contributed by atoms with van der Waals surface area (Å²) in [7, 11) is 1.63. The molecule has 0 spiro atoms. The third-order valence-electron chi connectivity index (χ3n) is 6.43. The Morgan fingerprint density at radius 3 is 2.71 bits per heavy atom. The van der Waals surface area contributed by atoms with Crippen LogP contribution >= 0.6 is 0 Å². The van der Waals surface area contributed by atoms with Gasteiger partial charge in [0.1, 0.15) is 17.8 Å². The van der Waals surface area contributed by atoms with Gasteiger partial charge in [0.2, 0.25) is 5.88 Å². The number of rotatable bonds is 3. The summed E-state index contributed by atoms with van der Waals surface area (Å²) in [6.45, 7) is 4.17. The van der Waals surface area contributed by atoms with Crippen molar-refractivity contribution in [2.75, 3.05) is 7.11 Å². The van der Waals surface area contributed by atoms with Crippen molar-refractivity contribution in [3.8, 4) is 23.0 Å². The number of benzene rings is 1. The molecule has 3 aromatic heterocycles. The first-order chi connectivity index (χ1) is 16.4. The number of nitrogens with zero attached hydrogens (tertiary/aromatic N) is 5. The summed E-state index contributed by atoms with van der Waals surface area (Å²) in [6.07, 6.45) is 6.25. The third-order valence-corrected chi connectivity index (χ3v) is 6.43. The van der Waals surface area contributed by atoms with E-state index < -0.39 is 0 Å². The summed E-state index contributed by atoms with van der Waals surface area (Å²) >= 11 is 0. The van der Waals surface area contributed by atoms with E-state index in [2.05, 4.69) is 28.9 Å². The Hall–Kier alpha value is -4.07. The standard InChI is InChI=1S/C26H23N5O3/c1-26(2)11-18(32)21-19(12-26)34-25-22(20(21)16-5-4-10-27-13-16)24-29-23(30-31(24)14-28-25)15-6-8-17(33-3)9-7-15/h4-10,13-14,20H,11-12H2,1-3H3. The van der Waals surface area contributed by atoms with E-state index in [1.807, 2.05) is 36.4 Å². The van der Waals surface area contributed by atoms with Gasteiger partial charge in [-0.2, -0.15) is 0 Å². The summed E-state index contributed by atoms with van der Waals surface area (Å²) in [4.78, 5) is 27.2. The number of aromatic nitrogens is 5. The number of fused-ring (bicyclic) bond motifs is 3. The fourth-order valence-corrected chi connectivity index (χ4v) is 4.89. The zero-order valence-corrected chi connectivity index (χ0v) is 19.1. The zero-order chi connectivity index (χ0) is 23.4. The Labute approximate surface area is 196 Å². The van der Waals surface area contributed by atoms with Crippen LogP contribution in [0.1, 0.15) is 43.7 Å². The van der Waals surface area contributed by atoms with Crippen LogP contribution in [0.5, 0.6) is 11.6 Å². The fourth-order valence-electron chi connectivity index (χ4n) is 4.89. The highest BCUT2D eigenvalue weighted by atomic mass is 16.5. The monoisotopic (exact) mass is 453 g/mol. The Morgan fingerprint density at radius 2 is 1.97 bits per heavy atom. The summed E-state index contributed by atoms with van der Waals surface area (Å²) in [6, 6.07) is 11.4. The van der Waals surface area contributed by atoms with Crippen LogP contribution in [-0.2, 0) is 4.79 Å². The number of hydrogen-bond acceptors (Lipinski definition) is 7. The number of ether oxygens (including phenoxy) is 2. The predicted molar refractivity (Wildman–Crippen MR) is 125 cm³/mol. The normalized spacial score (nSPS) is 18.9. The molecule has 1 aliphatic heterocycles. The van der Waals surface area contributed by atoms with Gasteiger partial charge in [0, 0.05) is 36.4 Å². The molecular weight excluding hydrogens is 430 g/mol. The highest BCUT2D eigenvalue weighted by molar-refractivity contribution is 6.00. The zero-order valence-electron chi connectivity index (χ0n) is 19.1. The minimum atomic E-state index is -0.375. The first kappa shape index (κ1) is 20.5. The Morgan fingerprint density at radius 1 is 1.15 bits per heavy atom. The second-order valence-electron chi connectivity index (χ2n) is 9.49. The second-order valence-corrected chi connectivity index (χ2v) is 9.49. The van der Waals surface area contributed by atoms with Gasteiger partial charge in [-0.1, -0.05) is 19.9 Å². The number of allylic oxidation sites excluding steroid dienone is 2. The maximum Gasteiger partial charge on any atom is 0.228 e. The molecule has 0 amide bonds. The van der Waals surface area contributed by atoms with Crippen LogP contribution in [-0.4, -0.2) is 37.5 Å². The van der Waals surface area contributed by atoms with E-state index in [0.717, 1.165) is 22.4 Å². The molecule has 1 aromatic carbocycles. The molecule has 34 heavy (non-hydrogen) atoms. The number of Topliss-reactive ketones (excluding diaryl/α,β-unsaturated/α-hetero) is 1. The number of carbonyl (C=O) groups is 1. The lowest BCUT2D eigenvalue weighted by Crippen LogP contribution is -2.33. The number of ketones is 1. The Balaban J connectivity index is 1.56. The van der Waals surface area contributed by atoms with E-state index in [-0.39, 0.29) is 17.1 Å². The molecule has 2 aliphatic rings. The smallest absolute Gasteiger partial charge is 0.228 e. The van der Waals surface area contributed by atoms with E-state index in [1.165, 1.54) is 0 Å². The predicted octanol–water partition coefficient (Wildman–Crippen LogP) is 4.36. The molecule has 1 aliphatic carbocycles. The van der Waals surface area contributed by atoms with Crippen LogP contribution in [0.3, 0.4) is 0 Å². The topological polar surface area (TPSA) is 91.5 Å². The SMILES string of the molecule is COc1ccc(-c2nc3c4c(ncn3n2)OC2=C(C(=O)CC(C)(C)C2)C4c2cccnc2)cc1. The molecule has 0 fully saturated rings. The Kier molecular flexibility index (Phi) is 4.52.